The zero-order valence-electron chi connectivity index (χ0n) is 12.8. The van der Waals surface area contributed by atoms with E-state index in [9.17, 15) is 9.90 Å². The van der Waals surface area contributed by atoms with E-state index in [2.05, 4.69) is 5.32 Å². The minimum atomic E-state index is -0.620. The van der Waals surface area contributed by atoms with Crippen LogP contribution in [0.1, 0.15) is 30.7 Å². The van der Waals surface area contributed by atoms with Crippen molar-refractivity contribution in [2.24, 2.45) is 0 Å². The molecule has 2 N–H and O–H groups in total. The van der Waals surface area contributed by atoms with Crippen molar-refractivity contribution in [2.45, 2.75) is 32.4 Å². The molecule has 118 valence electrons. The van der Waals surface area contributed by atoms with Crippen LogP contribution < -0.4 is 10.1 Å². The van der Waals surface area contributed by atoms with E-state index < -0.39 is 12.1 Å². The van der Waals surface area contributed by atoms with Crippen molar-refractivity contribution < 1.29 is 19.1 Å². The maximum atomic E-state index is 12.4. The highest BCUT2D eigenvalue weighted by Crippen LogP contribution is 2.20. The third-order valence-electron chi connectivity index (χ3n) is 3.41. The van der Waals surface area contributed by atoms with Gasteiger partial charge in [0.05, 0.1) is 12.9 Å². The molecule has 5 nitrogen and oxygen atoms in total. The van der Waals surface area contributed by atoms with Gasteiger partial charge in [-0.15, -0.1) is 0 Å². The summed E-state index contributed by atoms with van der Waals surface area (Å²) in [5, 5.41) is 12.2. The largest absolute Gasteiger partial charge is 0.480 e. The van der Waals surface area contributed by atoms with Crippen molar-refractivity contribution in [3.63, 3.8) is 0 Å². The van der Waals surface area contributed by atoms with E-state index in [1.807, 2.05) is 38.1 Å². The topological polar surface area (TPSA) is 71.7 Å². The molecule has 2 atom stereocenters. The molecule has 1 heterocycles. The molecule has 2 unspecified atom stereocenters. The van der Waals surface area contributed by atoms with Gasteiger partial charge < -0.3 is 19.6 Å². The van der Waals surface area contributed by atoms with Crippen LogP contribution in [0.4, 0.5) is 0 Å². The zero-order valence-corrected chi connectivity index (χ0v) is 12.8. The minimum absolute atomic E-state index is 0.236. The Morgan fingerprint density at radius 3 is 2.68 bits per heavy atom. The number of rotatable bonds is 7. The molecule has 0 saturated heterocycles. The number of aliphatic hydroxyl groups excluding tert-OH is 1. The number of hydrogen-bond acceptors (Lipinski definition) is 4. The van der Waals surface area contributed by atoms with Gasteiger partial charge in [0, 0.05) is 0 Å². The molecule has 0 aliphatic heterocycles. The van der Waals surface area contributed by atoms with Crippen LogP contribution in [0.3, 0.4) is 0 Å². The Morgan fingerprint density at radius 2 is 2.09 bits per heavy atom. The highest BCUT2D eigenvalue weighted by Gasteiger charge is 2.23. The number of hydrogen-bond donors (Lipinski definition) is 2. The summed E-state index contributed by atoms with van der Waals surface area (Å²) in [4.78, 5) is 12.4. The number of furan rings is 1. The van der Waals surface area contributed by atoms with Crippen LogP contribution in [0.2, 0.25) is 0 Å². The highest BCUT2D eigenvalue weighted by molar-refractivity contribution is 5.81. The molecule has 5 heteroatoms. The number of amides is 1. The first-order valence-corrected chi connectivity index (χ1v) is 7.32. The van der Waals surface area contributed by atoms with Gasteiger partial charge in [-0.1, -0.05) is 25.1 Å². The van der Waals surface area contributed by atoms with E-state index in [1.165, 1.54) is 6.26 Å². The van der Waals surface area contributed by atoms with Gasteiger partial charge >= 0.3 is 0 Å². The molecule has 0 radical (unpaired) electrons. The molecule has 0 saturated carbocycles. The van der Waals surface area contributed by atoms with Crippen LogP contribution in [0.25, 0.3) is 0 Å². The highest BCUT2D eigenvalue weighted by atomic mass is 16.5. The number of aliphatic hydroxyl groups is 1. The Kier molecular flexibility index (Phi) is 5.61. The Balaban J connectivity index is 2.04. The minimum Gasteiger partial charge on any atom is -0.480 e. The normalized spacial score (nSPS) is 13.4. The van der Waals surface area contributed by atoms with Crippen LogP contribution in [0.15, 0.2) is 47.1 Å². The fraction of sp³-hybridized carbons (Fsp3) is 0.353. The fourth-order valence-electron chi connectivity index (χ4n) is 2.13. The SMILES string of the molecule is CCC(Oc1ccccc1C)C(=O)NC(CO)c1ccco1. The molecule has 1 amide bonds. The van der Waals surface area contributed by atoms with Crippen LogP contribution in [-0.4, -0.2) is 23.7 Å². The summed E-state index contributed by atoms with van der Waals surface area (Å²) < 4.78 is 11.0. The zero-order chi connectivity index (χ0) is 15.9. The smallest absolute Gasteiger partial charge is 0.261 e. The summed E-state index contributed by atoms with van der Waals surface area (Å²) >= 11 is 0. The molecule has 0 aliphatic rings. The lowest BCUT2D eigenvalue weighted by Gasteiger charge is -2.21. The van der Waals surface area contributed by atoms with Crippen molar-refractivity contribution >= 4 is 5.91 Å². The van der Waals surface area contributed by atoms with Gasteiger partial charge in [-0.2, -0.15) is 0 Å². The molecule has 1 aromatic carbocycles. The maximum Gasteiger partial charge on any atom is 0.261 e. The second-order valence-corrected chi connectivity index (χ2v) is 5.04. The van der Waals surface area contributed by atoms with Crippen LogP contribution in [-0.2, 0) is 4.79 Å². The van der Waals surface area contributed by atoms with Crippen LogP contribution in [0.5, 0.6) is 5.75 Å². The van der Waals surface area contributed by atoms with Gasteiger partial charge in [0.25, 0.3) is 5.91 Å². The first-order valence-electron chi connectivity index (χ1n) is 7.32. The molecule has 2 rings (SSSR count). The molecule has 0 bridgehead atoms. The van der Waals surface area contributed by atoms with E-state index in [4.69, 9.17) is 9.15 Å². The van der Waals surface area contributed by atoms with Gasteiger partial charge in [0.2, 0.25) is 0 Å². The number of carbonyl (C=O) groups excluding carboxylic acids is 1. The number of ether oxygens (including phenoxy) is 1. The summed E-state index contributed by atoms with van der Waals surface area (Å²) in [7, 11) is 0. The monoisotopic (exact) mass is 303 g/mol. The Hall–Kier alpha value is -2.27. The van der Waals surface area contributed by atoms with E-state index in [-0.39, 0.29) is 12.5 Å². The second-order valence-electron chi connectivity index (χ2n) is 5.04. The van der Waals surface area contributed by atoms with Gasteiger partial charge in [-0.05, 0) is 37.1 Å². The van der Waals surface area contributed by atoms with Gasteiger partial charge in [0.15, 0.2) is 6.10 Å². The van der Waals surface area contributed by atoms with Crippen LogP contribution >= 0.6 is 0 Å². The third-order valence-corrected chi connectivity index (χ3v) is 3.41. The third kappa shape index (κ3) is 3.89. The fourth-order valence-corrected chi connectivity index (χ4v) is 2.13. The molecule has 2 aromatic rings. The summed E-state index contributed by atoms with van der Waals surface area (Å²) in [5.74, 6) is 0.922. The van der Waals surface area contributed by atoms with E-state index in [0.29, 0.717) is 17.9 Å². The van der Waals surface area contributed by atoms with Crippen molar-refractivity contribution in [2.75, 3.05) is 6.61 Å². The number of nitrogens with one attached hydrogen (secondary N) is 1. The van der Waals surface area contributed by atoms with Crippen LogP contribution in [0, 0.1) is 6.92 Å². The maximum absolute atomic E-state index is 12.4. The number of para-hydroxylation sites is 1. The Labute approximate surface area is 129 Å². The molecule has 22 heavy (non-hydrogen) atoms. The lowest BCUT2D eigenvalue weighted by molar-refractivity contribution is -0.129. The van der Waals surface area contributed by atoms with Crippen molar-refractivity contribution in [1.29, 1.82) is 0 Å². The lowest BCUT2D eigenvalue weighted by Crippen LogP contribution is -2.41. The number of aryl methyl sites for hydroxylation is 1. The van der Waals surface area contributed by atoms with Gasteiger partial charge in [-0.25, -0.2) is 0 Å². The lowest BCUT2D eigenvalue weighted by atomic mass is 10.2. The van der Waals surface area contributed by atoms with Gasteiger partial charge in [-0.3, -0.25) is 4.79 Å². The summed E-state index contributed by atoms with van der Waals surface area (Å²) in [6, 6.07) is 10.4. The summed E-state index contributed by atoms with van der Waals surface area (Å²) in [6.45, 7) is 3.57. The van der Waals surface area contributed by atoms with E-state index in [1.54, 1.807) is 12.1 Å². The molecule has 0 aliphatic carbocycles. The van der Waals surface area contributed by atoms with E-state index >= 15 is 0 Å². The molecular formula is C17H21NO4. The predicted molar refractivity (Wildman–Crippen MR) is 82.6 cm³/mol. The van der Waals surface area contributed by atoms with Gasteiger partial charge in [0.1, 0.15) is 17.6 Å². The second kappa shape index (κ2) is 7.66. The quantitative estimate of drug-likeness (QED) is 0.824. The Bertz CT molecular complexity index is 594. The van der Waals surface area contributed by atoms with E-state index in [0.717, 1.165) is 5.56 Å². The number of carbonyl (C=O) groups is 1. The van der Waals surface area contributed by atoms with Crippen molar-refractivity contribution in [3.05, 3.63) is 54.0 Å². The Morgan fingerprint density at radius 1 is 1.32 bits per heavy atom. The number of benzene rings is 1. The first-order chi connectivity index (χ1) is 10.7. The van der Waals surface area contributed by atoms with Crippen molar-refractivity contribution in [1.82, 2.24) is 5.32 Å². The predicted octanol–water partition coefficient (Wildman–Crippen LogP) is 2.60. The first kappa shape index (κ1) is 16.1. The molecular weight excluding hydrogens is 282 g/mol. The average Bonchev–Trinajstić information content (AvgIpc) is 3.05. The van der Waals surface area contributed by atoms with Crippen molar-refractivity contribution in [3.8, 4) is 5.75 Å². The molecule has 0 spiro atoms. The summed E-state index contributed by atoms with van der Waals surface area (Å²) in [6.07, 6.45) is 1.41. The summed E-state index contributed by atoms with van der Waals surface area (Å²) in [5.41, 5.74) is 0.971. The molecule has 1 aromatic heterocycles. The standard InChI is InChI=1S/C17H21NO4/c1-3-14(22-15-8-5-4-7-12(15)2)17(20)18-13(11-19)16-9-6-10-21-16/h4-10,13-14,19H,3,11H2,1-2H3,(H,18,20). The molecule has 0 fully saturated rings. The average molecular weight is 303 g/mol.